The maximum absolute atomic E-state index is 12.2. The van der Waals surface area contributed by atoms with Crippen molar-refractivity contribution in [1.29, 1.82) is 0 Å². The molecule has 0 aromatic carbocycles. The number of hydrogen-bond donors (Lipinski definition) is 3. The van der Waals surface area contributed by atoms with Gasteiger partial charge >= 0.3 is 11.8 Å². The van der Waals surface area contributed by atoms with Gasteiger partial charge in [-0.3, -0.25) is 19.4 Å². The number of aromatic amines is 1. The average Bonchev–Trinajstić information content (AvgIpc) is 3.01. The second-order valence-electron chi connectivity index (χ2n) is 6.88. The lowest BCUT2D eigenvalue weighted by Crippen LogP contribution is -2.36. The predicted octanol–water partition coefficient (Wildman–Crippen LogP) is 1.09. The van der Waals surface area contributed by atoms with Crippen molar-refractivity contribution in [3.05, 3.63) is 33.9 Å². The van der Waals surface area contributed by atoms with Gasteiger partial charge < -0.3 is 15.4 Å². The zero-order chi connectivity index (χ0) is 21.4. The van der Waals surface area contributed by atoms with Crippen LogP contribution in [0.15, 0.2) is 16.9 Å². The molecule has 3 N–H and O–H groups in total. The molecule has 2 heterocycles. The second kappa shape index (κ2) is 10.5. The highest BCUT2D eigenvalue weighted by Gasteiger charge is 2.18. The van der Waals surface area contributed by atoms with Crippen LogP contribution in [0.5, 0.6) is 0 Å². The molecule has 0 bridgehead atoms. The van der Waals surface area contributed by atoms with Gasteiger partial charge in [0.1, 0.15) is 5.82 Å². The van der Waals surface area contributed by atoms with E-state index >= 15 is 0 Å². The van der Waals surface area contributed by atoms with Crippen LogP contribution < -0.4 is 16.2 Å². The molecule has 0 atom stereocenters. The van der Waals surface area contributed by atoms with Crippen molar-refractivity contribution in [1.82, 2.24) is 25.1 Å². The Morgan fingerprint density at radius 1 is 1.28 bits per heavy atom. The molecule has 0 aliphatic rings. The van der Waals surface area contributed by atoms with Crippen molar-refractivity contribution in [3.8, 4) is 5.95 Å². The van der Waals surface area contributed by atoms with Gasteiger partial charge in [-0.15, -0.1) is 0 Å². The Bertz CT molecular complexity index is 902. The molecule has 2 amide bonds. The zero-order valence-electron chi connectivity index (χ0n) is 17.2. The molecule has 10 nitrogen and oxygen atoms in total. The van der Waals surface area contributed by atoms with Crippen LogP contribution in [0.1, 0.15) is 45.0 Å². The summed E-state index contributed by atoms with van der Waals surface area (Å²) in [6, 6.07) is 3.02. The number of nitrogens with one attached hydrogen (secondary N) is 3. The number of aromatic nitrogens is 4. The fraction of sp³-hybridized carbons (Fsp3) is 0.526. The highest BCUT2D eigenvalue weighted by molar-refractivity contribution is 6.39. The second-order valence-corrected chi connectivity index (χ2v) is 6.88. The van der Waals surface area contributed by atoms with Crippen molar-refractivity contribution in [2.45, 2.75) is 53.1 Å². The third kappa shape index (κ3) is 6.83. The first kappa shape index (κ1) is 22.3. The Balaban J connectivity index is 2.06. The number of ether oxygens (including phenoxy) is 1. The third-order valence-electron chi connectivity index (χ3n) is 3.83. The molecule has 0 aliphatic heterocycles. The van der Waals surface area contributed by atoms with Crippen molar-refractivity contribution in [2.75, 3.05) is 18.5 Å². The van der Waals surface area contributed by atoms with E-state index in [-0.39, 0.29) is 23.4 Å². The van der Waals surface area contributed by atoms with Crippen LogP contribution in [-0.4, -0.2) is 50.8 Å². The lowest BCUT2D eigenvalue weighted by Gasteiger charge is -2.10. The zero-order valence-corrected chi connectivity index (χ0v) is 17.2. The van der Waals surface area contributed by atoms with E-state index in [1.54, 1.807) is 13.0 Å². The molecule has 0 fully saturated rings. The van der Waals surface area contributed by atoms with E-state index < -0.39 is 11.8 Å². The van der Waals surface area contributed by atoms with E-state index in [0.29, 0.717) is 37.4 Å². The monoisotopic (exact) mass is 404 g/mol. The number of anilines is 1. The number of hydrogen-bond acceptors (Lipinski definition) is 6. The Morgan fingerprint density at radius 3 is 2.72 bits per heavy atom. The van der Waals surface area contributed by atoms with Crippen LogP contribution in [0, 0.1) is 6.92 Å². The number of rotatable bonds is 9. The van der Waals surface area contributed by atoms with Gasteiger partial charge in [-0.25, -0.2) is 4.98 Å². The summed E-state index contributed by atoms with van der Waals surface area (Å²) in [6.45, 7) is 8.40. The van der Waals surface area contributed by atoms with Crippen LogP contribution in [0.2, 0.25) is 0 Å². The summed E-state index contributed by atoms with van der Waals surface area (Å²) in [7, 11) is 0. The topological polar surface area (TPSA) is 131 Å². The normalized spacial score (nSPS) is 10.9. The molecule has 10 heteroatoms. The largest absolute Gasteiger partial charge is 0.379 e. The summed E-state index contributed by atoms with van der Waals surface area (Å²) in [4.78, 5) is 43.2. The minimum Gasteiger partial charge on any atom is -0.379 e. The first-order chi connectivity index (χ1) is 13.8. The molecule has 2 aromatic heterocycles. The minimum absolute atomic E-state index is 0.119. The van der Waals surface area contributed by atoms with Crippen molar-refractivity contribution >= 4 is 17.6 Å². The van der Waals surface area contributed by atoms with Gasteiger partial charge in [0.25, 0.3) is 5.56 Å². The van der Waals surface area contributed by atoms with Crippen molar-refractivity contribution < 1.29 is 14.3 Å². The van der Waals surface area contributed by atoms with Crippen LogP contribution in [0.3, 0.4) is 0 Å². The Kier molecular flexibility index (Phi) is 8.08. The fourth-order valence-corrected chi connectivity index (χ4v) is 2.57. The number of carbonyl (C=O) groups excluding carboxylic acids is 2. The number of nitrogens with zero attached hydrogens (tertiary/aromatic N) is 3. The summed E-state index contributed by atoms with van der Waals surface area (Å²) in [6.07, 6.45) is 2.19. The standard InChI is InChI=1S/C19H28N6O4/c1-5-7-14-11-16(26)23-19(21-14)25-15(10-13(4)24-25)22-18(28)17(27)20-8-6-9-29-12(2)3/h10-12H,5-9H2,1-4H3,(H,20,27)(H,22,28)(H,21,23,26). The molecule has 0 unspecified atom stereocenters. The third-order valence-corrected chi connectivity index (χ3v) is 3.83. The van der Waals surface area contributed by atoms with Crippen LogP contribution in [-0.2, 0) is 20.7 Å². The van der Waals surface area contributed by atoms with E-state index in [9.17, 15) is 14.4 Å². The summed E-state index contributed by atoms with van der Waals surface area (Å²) in [5.74, 6) is -1.18. The van der Waals surface area contributed by atoms with Crippen molar-refractivity contribution in [2.24, 2.45) is 0 Å². The number of H-pyrrole nitrogens is 1. The van der Waals surface area contributed by atoms with Gasteiger partial charge in [0.05, 0.1) is 11.8 Å². The molecule has 2 rings (SSSR count). The van der Waals surface area contributed by atoms with Crippen LogP contribution in [0.4, 0.5) is 5.82 Å². The lowest BCUT2D eigenvalue weighted by atomic mass is 10.2. The summed E-state index contributed by atoms with van der Waals surface area (Å²) in [5.41, 5.74) is 0.901. The predicted molar refractivity (Wildman–Crippen MR) is 108 cm³/mol. The molecular formula is C19H28N6O4. The molecule has 0 aliphatic carbocycles. The maximum atomic E-state index is 12.2. The molecule has 29 heavy (non-hydrogen) atoms. The average molecular weight is 404 g/mol. The van der Waals surface area contributed by atoms with E-state index in [1.165, 1.54) is 10.7 Å². The van der Waals surface area contributed by atoms with Gasteiger partial charge in [-0.2, -0.15) is 9.78 Å². The molecule has 0 saturated heterocycles. The SMILES string of the molecule is CCCc1cc(=O)[nH]c(-n2nc(C)cc2NC(=O)C(=O)NCCCOC(C)C)n1. The molecule has 158 valence electrons. The Hall–Kier alpha value is -3.01. The molecule has 0 saturated carbocycles. The first-order valence-electron chi connectivity index (χ1n) is 9.68. The summed E-state index contributed by atoms with van der Waals surface area (Å²) >= 11 is 0. The van der Waals surface area contributed by atoms with Gasteiger partial charge in [0, 0.05) is 31.0 Å². The van der Waals surface area contributed by atoms with Gasteiger partial charge in [0.2, 0.25) is 5.95 Å². The number of carbonyl (C=O) groups is 2. The highest BCUT2D eigenvalue weighted by Crippen LogP contribution is 2.14. The van der Waals surface area contributed by atoms with Crippen LogP contribution in [0.25, 0.3) is 5.95 Å². The fourth-order valence-electron chi connectivity index (χ4n) is 2.57. The quantitative estimate of drug-likeness (QED) is 0.423. The minimum atomic E-state index is -0.831. The molecular weight excluding hydrogens is 376 g/mol. The van der Waals surface area contributed by atoms with E-state index in [0.717, 1.165) is 6.42 Å². The first-order valence-corrected chi connectivity index (χ1v) is 9.68. The lowest BCUT2D eigenvalue weighted by molar-refractivity contribution is -0.136. The van der Waals surface area contributed by atoms with Gasteiger partial charge in [-0.1, -0.05) is 13.3 Å². The smallest absolute Gasteiger partial charge is 0.314 e. The highest BCUT2D eigenvalue weighted by atomic mass is 16.5. The van der Waals surface area contributed by atoms with Gasteiger partial charge in [0.15, 0.2) is 0 Å². The van der Waals surface area contributed by atoms with E-state index in [1.807, 2.05) is 20.8 Å². The van der Waals surface area contributed by atoms with E-state index in [4.69, 9.17) is 4.74 Å². The Labute approximate surface area is 169 Å². The summed E-state index contributed by atoms with van der Waals surface area (Å²) < 4.78 is 6.69. The van der Waals surface area contributed by atoms with E-state index in [2.05, 4.69) is 25.7 Å². The van der Waals surface area contributed by atoms with Crippen molar-refractivity contribution in [3.63, 3.8) is 0 Å². The maximum Gasteiger partial charge on any atom is 0.314 e. The number of amides is 2. The number of aryl methyl sites for hydroxylation is 2. The molecule has 0 radical (unpaired) electrons. The summed E-state index contributed by atoms with van der Waals surface area (Å²) in [5, 5.41) is 9.32. The van der Waals surface area contributed by atoms with Gasteiger partial charge in [-0.05, 0) is 33.6 Å². The van der Waals surface area contributed by atoms with Crippen LogP contribution >= 0.6 is 0 Å². The molecule has 0 spiro atoms. The Morgan fingerprint density at radius 2 is 2.03 bits per heavy atom. The molecule has 2 aromatic rings.